The lowest BCUT2D eigenvalue weighted by atomic mass is 9.83. The zero-order valence-electron chi connectivity index (χ0n) is 52.7. The Morgan fingerprint density at radius 3 is 1.40 bits per heavy atom. The molecule has 89 heavy (non-hydrogen) atoms. The van der Waals surface area contributed by atoms with E-state index in [0.717, 1.165) is 64.8 Å². The van der Waals surface area contributed by atoms with Crippen molar-refractivity contribution in [3.05, 3.63) is 131 Å². The van der Waals surface area contributed by atoms with Gasteiger partial charge in [0.25, 0.3) is 11.8 Å². The van der Waals surface area contributed by atoms with E-state index in [2.05, 4.69) is 31.6 Å². The fraction of sp³-hybridized carbons (Fsp3) is 0.500. The molecule has 19 heteroatoms. The summed E-state index contributed by atoms with van der Waals surface area (Å²) in [5, 5.41) is 23.2. The van der Waals surface area contributed by atoms with Crippen molar-refractivity contribution in [3.8, 4) is 0 Å². The Kier molecular flexibility index (Phi) is 25.8. The van der Waals surface area contributed by atoms with Crippen molar-refractivity contribution < 1.29 is 61.7 Å². The first-order valence-electron chi connectivity index (χ1n) is 31.4. The molecule has 2 aliphatic rings. The molecule has 8 rings (SSSR count). The Labute approximate surface area is 521 Å². The summed E-state index contributed by atoms with van der Waals surface area (Å²) in [5.41, 5.74) is 1.93. The number of amides is 4. The number of aromatic nitrogens is 2. The van der Waals surface area contributed by atoms with Gasteiger partial charge in [-0.25, -0.2) is 0 Å². The highest BCUT2D eigenvalue weighted by Gasteiger charge is 2.36. The number of carbonyl (C=O) groups is 9. The molecule has 0 radical (unpaired) electrons. The lowest BCUT2D eigenvalue weighted by Crippen LogP contribution is -2.50. The van der Waals surface area contributed by atoms with Gasteiger partial charge in [-0.3, -0.25) is 38.4 Å². The summed E-state index contributed by atoms with van der Waals surface area (Å²) < 4.78 is 21.2. The molecule has 2 saturated carbocycles. The van der Waals surface area contributed by atoms with Crippen LogP contribution >= 0.6 is 0 Å². The van der Waals surface area contributed by atoms with Crippen LogP contribution in [0.4, 0.5) is 0 Å². The molecule has 0 spiro atoms. The number of nitrogens with zero attached hydrogens (tertiary/aromatic N) is 2. The standard InChI is InChI=1S/C36H47N3O7.C34H41N3O6/c1-22(2)17-27(34(42)38-31(36(44-4)45-5)20-26-12-7-9-16-32(26)40)21-33(41)29(37-35(43)30-18-23(3)46-39-30)19-25-14-10-13-24-11-6-8-15-28(24)25;1-21(2)15-26(33(41)35-27(20-38)17-25-10-5-7-14-31(25)39)19-32(40)29(36-34(42)30-16-22(3)43-37-30)18-24-12-8-11-23-9-4-6-13-28(23)24/h6,8,10-11,13-15,18,22,26-27,29,31,36H,7,9,12,16-17,19-21H2,1-5H3,(H,37,43)(H,38,42);4,6,8-9,11-13,16,20-21,25-27,29H,5,7,10,14-15,17-19H2,1-3H3,(H,35,41)(H,36,42)/t26-,27+,29-,31-;25-,26+,27-,29-/m00/s1. The first-order valence-corrected chi connectivity index (χ1v) is 31.4. The molecule has 2 aliphatic carbocycles. The van der Waals surface area contributed by atoms with Crippen LogP contribution in [0.2, 0.25) is 0 Å². The molecule has 19 nitrogen and oxygen atoms in total. The van der Waals surface area contributed by atoms with Crippen molar-refractivity contribution in [1.82, 2.24) is 31.6 Å². The third kappa shape index (κ3) is 20.0. The number of benzene rings is 4. The number of ether oxygens (including phenoxy) is 2. The number of carbonyl (C=O) groups excluding carboxylic acids is 9. The summed E-state index contributed by atoms with van der Waals surface area (Å²) in [7, 11) is 3.00. The molecular weight excluding hydrogens is 1130 g/mol. The first-order chi connectivity index (χ1) is 42.7. The molecule has 2 fully saturated rings. The third-order valence-corrected chi connectivity index (χ3v) is 16.9. The summed E-state index contributed by atoms with van der Waals surface area (Å²) in [6.45, 7) is 11.3. The minimum absolute atomic E-state index is 0.0655. The zero-order valence-corrected chi connectivity index (χ0v) is 52.7. The highest BCUT2D eigenvalue weighted by atomic mass is 16.7. The fourth-order valence-corrected chi connectivity index (χ4v) is 12.4. The minimum Gasteiger partial charge on any atom is -0.361 e. The molecule has 0 bridgehead atoms. The Bertz CT molecular complexity index is 3390. The predicted octanol–water partition coefficient (Wildman–Crippen LogP) is 10.3. The maximum Gasteiger partial charge on any atom is 0.274 e. The highest BCUT2D eigenvalue weighted by Crippen LogP contribution is 2.30. The SMILES string of the molecule is COC(OC)[C@H](C[C@@H]1CCCCC1=O)NC(=O)[C@@H](CC(=O)[C@H](Cc1cccc2ccccc12)NC(=O)c1cc(C)on1)CC(C)C.Cc1cc(C(=O)N[C@@H](Cc2cccc3ccccc23)C(=O)C[C@@H](CC(C)C)C(=O)N[C@H](C=O)C[C@@H]2CCCCC2=O)no1. The summed E-state index contributed by atoms with van der Waals surface area (Å²) in [6.07, 6.45) is 7.88. The minimum atomic E-state index is -0.931. The van der Waals surface area contributed by atoms with Crippen LogP contribution in [0.5, 0.6) is 0 Å². The molecule has 8 atom stereocenters. The molecule has 4 N–H and O–H groups in total. The molecule has 2 heterocycles. The van der Waals surface area contributed by atoms with E-state index in [4.69, 9.17) is 18.5 Å². The number of nitrogens with one attached hydrogen (secondary N) is 4. The van der Waals surface area contributed by atoms with Crippen LogP contribution in [0.15, 0.2) is 106 Å². The summed E-state index contributed by atoms with van der Waals surface area (Å²) in [5.74, 6) is -2.66. The van der Waals surface area contributed by atoms with Crippen molar-refractivity contribution in [1.29, 1.82) is 0 Å². The Morgan fingerprint density at radius 2 is 1.00 bits per heavy atom. The summed E-state index contributed by atoms with van der Waals surface area (Å²) >= 11 is 0. The van der Waals surface area contributed by atoms with Gasteiger partial charge in [0.15, 0.2) is 29.2 Å². The number of methoxy groups -OCH3 is 2. The lowest BCUT2D eigenvalue weighted by molar-refractivity contribution is -0.145. The predicted molar refractivity (Wildman–Crippen MR) is 336 cm³/mol. The first kappa shape index (κ1) is 68.5. The van der Waals surface area contributed by atoms with E-state index in [-0.39, 0.29) is 96.2 Å². The lowest BCUT2D eigenvalue weighted by Gasteiger charge is -2.32. The van der Waals surface area contributed by atoms with Crippen molar-refractivity contribution >= 4 is 74.6 Å². The fourth-order valence-electron chi connectivity index (χ4n) is 12.4. The normalized spacial score (nSPS) is 17.2. The van der Waals surface area contributed by atoms with Crippen LogP contribution in [-0.2, 0) is 55.9 Å². The van der Waals surface area contributed by atoms with E-state index in [0.29, 0.717) is 56.3 Å². The van der Waals surface area contributed by atoms with Crippen LogP contribution in [0.25, 0.3) is 21.5 Å². The Hall–Kier alpha value is -8.03. The van der Waals surface area contributed by atoms with Crippen LogP contribution in [0.1, 0.15) is 161 Å². The maximum absolute atomic E-state index is 14.1. The molecular formula is C70H88N6O13. The number of aldehydes is 1. The maximum atomic E-state index is 14.1. The summed E-state index contributed by atoms with van der Waals surface area (Å²) in [4.78, 5) is 119. The Morgan fingerprint density at radius 1 is 0.573 bits per heavy atom. The van der Waals surface area contributed by atoms with Crippen molar-refractivity contribution in [2.24, 2.45) is 35.5 Å². The van der Waals surface area contributed by atoms with Gasteiger partial charge in [-0.2, -0.15) is 0 Å². The molecule has 476 valence electrons. The molecule has 2 aromatic heterocycles. The van der Waals surface area contributed by atoms with Gasteiger partial charge < -0.3 is 44.6 Å². The number of fused-ring (bicyclic) bond motifs is 2. The number of Topliss-reactive ketones (excluding diaryl/α,β-unsaturated/α-hetero) is 4. The summed E-state index contributed by atoms with van der Waals surface area (Å²) in [6, 6.07) is 27.2. The van der Waals surface area contributed by atoms with Gasteiger partial charge in [0.05, 0.1) is 24.2 Å². The van der Waals surface area contributed by atoms with Gasteiger partial charge in [0.2, 0.25) is 11.8 Å². The number of rotatable bonds is 30. The van der Waals surface area contributed by atoms with E-state index >= 15 is 0 Å². The number of hydrogen-bond donors (Lipinski definition) is 4. The van der Waals surface area contributed by atoms with E-state index in [1.807, 2.05) is 113 Å². The number of hydrogen-bond acceptors (Lipinski definition) is 15. The molecule has 0 saturated heterocycles. The molecule has 4 aromatic carbocycles. The van der Waals surface area contributed by atoms with Crippen LogP contribution in [0, 0.1) is 49.4 Å². The second kappa shape index (κ2) is 33.5. The topological polar surface area (TPSA) is 272 Å². The monoisotopic (exact) mass is 1220 g/mol. The van der Waals surface area contributed by atoms with Gasteiger partial charge in [-0.05, 0) is 110 Å². The quantitative estimate of drug-likeness (QED) is 0.0241. The van der Waals surface area contributed by atoms with E-state index < -0.39 is 60.0 Å². The van der Waals surface area contributed by atoms with E-state index in [1.165, 1.54) is 26.4 Å². The average molecular weight is 1220 g/mol. The van der Waals surface area contributed by atoms with Gasteiger partial charge in [-0.1, -0.05) is 136 Å². The second-order valence-corrected chi connectivity index (χ2v) is 24.9. The second-order valence-electron chi connectivity index (χ2n) is 24.9. The number of ketones is 4. The van der Waals surface area contributed by atoms with Gasteiger partial charge >= 0.3 is 0 Å². The van der Waals surface area contributed by atoms with Crippen LogP contribution < -0.4 is 21.3 Å². The molecule has 4 amide bonds. The van der Waals surface area contributed by atoms with Crippen LogP contribution in [-0.4, -0.2) is 108 Å². The van der Waals surface area contributed by atoms with Crippen LogP contribution in [0.3, 0.4) is 0 Å². The van der Waals surface area contributed by atoms with E-state index in [9.17, 15) is 43.2 Å². The van der Waals surface area contributed by atoms with Crippen molar-refractivity contribution in [2.75, 3.05) is 14.2 Å². The molecule has 6 aromatic rings. The largest absolute Gasteiger partial charge is 0.361 e. The van der Waals surface area contributed by atoms with Crippen molar-refractivity contribution in [3.63, 3.8) is 0 Å². The smallest absolute Gasteiger partial charge is 0.274 e. The van der Waals surface area contributed by atoms with Gasteiger partial charge in [-0.15, -0.1) is 0 Å². The zero-order chi connectivity index (χ0) is 64.1. The average Bonchev–Trinajstić information content (AvgIpc) is 3.99. The van der Waals surface area contributed by atoms with E-state index in [1.54, 1.807) is 13.8 Å². The van der Waals surface area contributed by atoms with Crippen molar-refractivity contribution in [2.45, 2.75) is 175 Å². The third-order valence-electron chi connectivity index (χ3n) is 16.9. The van der Waals surface area contributed by atoms with Gasteiger partial charge in [0.1, 0.15) is 29.4 Å². The van der Waals surface area contributed by atoms with Gasteiger partial charge in [0, 0.05) is 88.5 Å². The Balaban J connectivity index is 0.000000254. The molecule has 0 unspecified atom stereocenters. The number of aryl methyl sites for hydroxylation is 2. The highest BCUT2D eigenvalue weighted by molar-refractivity contribution is 6.00. The molecule has 0 aliphatic heterocycles.